The van der Waals surface area contributed by atoms with E-state index in [1.54, 1.807) is 32.2 Å². The molecule has 0 aliphatic heterocycles. The molecule has 0 aliphatic rings. The first-order valence-electron chi connectivity index (χ1n) is 5.59. The van der Waals surface area contributed by atoms with Gasteiger partial charge < -0.3 is 10.4 Å². The highest BCUT2D eigenvalue weighted by Gasteiger charge is 2.13. The number of phenols is 1. The number of para-hydroxylation sites is 1. The second kappa shape index (κ2) is 7.44. The summed E-state index contributed by atoms with van der Waals surface area (Å²) in [6, 6.07) is 5.01. The summed E-state index contributed by atoms with van der Waals surface area (Å²) >= 11 is 0. The molecule has 2 N–H and O–H groups in total. The predicted molar refractivity (Wildman–Crippen MR) is 71.0 cm³/mol. The Hall–Kier alpha value is -1.84. The quantitative estimate of drug-likeness (QED) is 0.773. The van der Waals surface area contributed by atoms with Crippen molar-refractivity contribution in [2.45, 2.75) is 20.8 Å². The van der Waals surface area contributed by atoms with E-state index < -0.39 is 0 Å². The summed E-state index contributed by atoms with van der Waals surface area (Å²) in [6.07, 6.45) is 0. The van der Waals surface area contributed by atoms with Crippen molar-refractivity contribution >= 4 is 11.6 Å². The van der Waals surface area contributed by atoms with E-state index in [-0.39, 0.29) is 17.2 Å². The molecule has 0 aliphatic carbocycles. The number of phenolic OH excluding ortho intramolecular Hbond substituents is 1. The van der Waals surface area contributed by atoms with Crippen LogP contribution in [0.5, 0.6) is 5.75 Å². The number of hydrogen-bond donors (Lipinski definition) is 2. The lowest BCUT2D eigenvalue weighted by Gasteiger charge is -2.07. The van der Waals surface area contributed by atoms with Crippen molar-refractivity contribution < 1.29 is 9.90 Å². The number of carbonyl (C=O) groups excluding carboxylic acids is 1. The van der Waals surface area contributed by atoms with Crippen LogP contribution in [0.4, 0.5) is 0 Å². The van der Waals surface area contributed by atoms with Crippen LogP contribution < -0.4 is 5.32 Å². The minimum Gasteiger partial charge on any atom is -0.506 e. The second-order valence-electron chi connectivity index (χ2n) is 3.09. The molecule has 4 heteroatoms. The summed E-state index contributed by atoms with van der Waals surface area (Å²) < 4.78 is 0. The molecule has 0 radical (unpaired) electrons. The molecule has 0 atom stereocenters. The van der Waals surface area contributed by atoms with Crippen LogP contribution in [-0.4, -0.2) is 30.8 Å². The molecular weight excluding hydrogens is 216 g/mol. The summed E-state index contributed by atoms with van der Waals surface area (Å²) in [5, 5.41) is 12.3. The molecule has 94 valence electrons. The Morgan fingerprint density at radius 1 is 1.29 bits per heavy atom. The first kappa shape index (κ1) is 15.2. The highest BCUT2D eigenvalue weighted by atomic mass is 16.3. The van der Waals surface area contributed by atoms with Gasteiger partial charge in [-0.15, -0.1) is 0 Å². The topological polar surface area (TPSA) is 61.7 Å². The molecular formula is C13H20N2O2. The first-order chi connectivity index (χ1) is 8.11. The van der Waals surface area contributed by atoms with Crippen LogP contribution in [0, 0.1) is 0 Å². The SMILES string of the molecule is CC.CN=C(C)c1cccc(C(=O)NC)c1O. The molecule has 0 saturated carbocycles. The number of amides is 1. The van der Waals surface area contributed by atoms with Crippen LogP contribution in [0.3, 0.4) is 0 Å². The fourth-order valence-electron chi connectivity index (χ4n) is 1.27. The molecule has 0 aromatic heterocycles. The van der Waals surface area contributed by atoms with Gasteiger partial charge in [-0.25, -0.2) is 0 Å². The molecule has 4 nitrogen and oxygen atoms in total. The molecule has 0 saturated heterocycles. The summed E-state index contributed by atoms with van der Waals surface area (Å²) in [6.45, 7) is 5.78. The van der Waals surface area contributed by atoms with Crippen LogP contribution >= 0.6 is 0 Å². The van der Waals surface area contributed by atoms with Gasteiger partial charge in [0.2, 0.25) is 0 Å². The third-order valence-electron chi connectivity index (χ3n) is 2.23. The molecule has 17 heavy (non-hydrogen) atoms. The van der Waals surface area contributed by atoms with Crippen molar-refractivity contribution in [3.63, 3.8) is 0 Å². The van der Waals surface area contributed by atoms with Crippen molar-refractivity contribution in [3.05, 3.63) is 29.3 Å². The molecule has 0 spiro atoms. The van der Waals surface area contributed by atoms with Gasteiger partial charge in [0.1, 0.15) is 5.75 Å². The van der Waals surface area contributed by atoms with Crippen molar-refractivity contribution in [3.8, 4) is 5.75 Å². The second-order valence-corrected chi connectivity index (χ2v) is 3.09. The van der Waals surface area contributed by atoms with Gasteiger partial charge in [0.05, 0.1) is 5.56 Å². The van der Waals surface area contributed by atoms with Crippen LogP contribution in [0.25, 0.3) is 0 Å². The van der Waals surface area contributed by atoms with Gasteiger partial charge in [-0.05, 0) is 19.1 Å². The van der Waals surface area contributed by atoms with Gasteiger partial charge in [-0.3, -0.25) is 9.79 Å². The summed E-state index contributed by atoms with van der Waals surface area (Å²) in [5.74, 6) is -0.335. The minimum atomic E-state index is -0.307. The molecule has 1 rings (SSSR count). The zero-order chi connectivity index (χ0) is 13.4. The average molecular weight is 236 g/mol. The lowest BCUT2D eigenvalue weighted by molar-refractivity contribution is 0.0960. The van der Waals surface area contributed by atoms with Crippen molar-refractivity contribution in [1.82, 2.24) is 5.32 Å². The van der Waals surface area contributed by atoms with Gasteiger partial charge in [-0.1, -0.05) is 19.9 Å². The average Bonchev–Trinajstić information content (AvgIpc) is 2.39. The lowest BCUT2D eigenvalue weighted by Crippen LogP contribution is -2.18. The minimum absolute atomic E-state index is 0.0278. The Labute approximate surface area is 102 Å². The van der Waals surface area contributed by atoms with E-state index in [9.17, 15) is 9.90 Å². The standard InChI is InChI=1S/C11H14N2O2.C2H6/c1-7(12-2)8-5-4-6-9(10(8)14)11(15)13-3;1-2/h4-6,14H,1-3H3,(H,13,15);1-2H3. The van der Waals surface area contributed by atoms with Crippen LogP contribution in [0.2, 0.25) is 0 Å². The van der Waals surface area contributed by atoms with Gasteiger partial charge in [0.15, 0.2) is 0 Å². The van der Waals surface area contributed by atoms with E-state index in [2.05, 4.69) is 10.3 Å². The van der Waals surface area contributed by atoms with E-state index in [4.69, 9.17) is 0 Å². The van der Waals surface area contributed by atoms with Crippen LogP contribution in [-0.2, 0) is 0 Å². The zero-order valence-electron chi connectivity index (χ0n) is 11.0. The molecule has 1 aromatic rings. The smallest absolute Gasteiger partial charge is 0.254 e. The Morgan fingerprint density at radius 2 is 1.82 bits per heavy atom. The third kappa shape index (κ3) is 3.59. The fourth-order valence-corrected chi connectivity index (χ4v) is 1.27. The van der Waals surface area contributed by atoms with Gasteiger partial charge >= 0.3 is 0 Å². The van der Waals surface area contributed by atoms with E-state index in [0.717, 1.165) is 0 Å². The molecule has 0 fully saturated rings. The first-order valence-corrected chi connectivity index (χ1v) is 5.59. The zero-order valence-corrected chi connectivity index (χ0v) is 11.0. The van der Waals surface area contributed by atoms with Crippen molar-refractivity contribution in [1.29, 1.82) is 0 Å². The lowest BCUT2D eigenvalue weighted by atomic mass is 10.0. The van der Waals surface area contributed by atoms with Crippen molar-refractivity contribution in [2.24, 2.45) is 4.99 Å². The number of benzene rings is 1. The van der Waals surface area contributed by atoms with Gasteiger partial charge in [-0.2, -0.15) is 0 Å². The number of nitrogens with zero attached hydrogens (tertiary/aromatic N) is 1. The normalized spacial score (nSPS) is 10.3. The van der Waals surface area contributed by atoms with Crippen LogP contribution in [0.1, 0.15) is 36.7 Å². The maximum Gasteiger partial charge on any atom is 0.254 e. The van der Waals surface area contributed by atoms with E-state index in [1.165, 1.54) is 7.05 Å². The number of aliphatic imine (C=N–C) groups is 1. The summed E-state index contributed by atoms with van der Waals surface area (Å²) in [4.78, 5) is 15.4. The Kier molecular flexibility index (Phi) is 6.63. The largest absolute Gasteiger partial charge is 0.506 e. The summed E-state index contributed by atoms with van der Waals surface area (Å²) in [5.41, 5.74) is 1.54. The van der Waals surface area contributed by atoms with Crippen molar-refractivity contribution in [2.75, 3.05) is 14.1 Å². The Morgan fingerprint density at radius 3 is 2.29 bits per heavy atom. The number of carbonyl (C=O) groups is 1. The molecule has 0 bridgehead atoms. The highest BCUT2D eigenvalue weighted by molar-refractivity contribution is 6.05. The fraction of sp³-hybridized carbons (Fsp3) is 0.385. The number of nitrogens with one attached hydrogen (secondary N) is 1. The van der Waals surface area contributed by atoms with Crippen LogP contribution in [0.15, 0.2) is 23.2 Å². The molecule has 0 unspecified atom stereocenters. The number of rotatable bonds is 2. The maximum atomic E-state index is 11.4. The molecule has 1 amide bonds. The van der Waals surface area contributed by atoms with Gasteiger partial charge in [0, 0.05) is 25.4 Å². The molecule has 0 heterocycles. The third-order valence-corrected chi connectivity index (χ3v) is 2.23. The predicted octanol–water partition coefficient (Wildman–Crippen LogP) is 2.22. The maximum absolute atomic E-state index is 11.4. The Balaban J connectivity index is 0.00000121. The van der Waals surface area contributed by atoms with E-state index in [1.807, 2.05) is 13.8 Å². The molecule has 1 aromatic carbocycles. The number of hydrogen-bond acceptors (Lipinski definition) is 3. The van der Waals surface area contributed by atoms with E-state index >= 15 is 0 Å². The van der Waals surface area contributed by atoms with Gasteiger partial charge in [0.25, 0.3) is 5.91 Å². The van der Waals surface area contributed by atoms with E-state index in [0.29, 0.717) is 11.3 Å². The summed E-state index contributed by atoms with van der Waals surface area (Å²) in [7, 11) is 3.16. The monoisotopic (exact) mass is 236 g/mol. The number of aromatic hydroxyl groups is 1. The highest BCUT2D eigenvalue weighted by Crippen LogP contribution is 2.22. The Bertz CT molecular complexity index is 412.